The Kier molecular flexibility index (Phi) is 5.22. The van der Waals surface area contributed by atoms with E-state index in [-0.39, 0.29) is 11.9 Å². The van der Waals surface area contributed by atoms with E-state index in [1.807, 2.05) is 18.4 Å². The summed E-state index contributed by atoms with van der Waals surface area (Å²) >= 11 is 0. The van der Waals surface area contributed by atoms with Gasteiger partial charge in [-0.05, 0) is 43.9 Å². The molecule has 0 aliphatic heterocycles. The molecule has 0 aliphatic carbocycles. The van der Waals surface area contributed by atoms with Crippen LogP contribution in [0.5, 0.6) is 5.88 Å². The number of nitrogens with two attached hydrogens (primary N) is 2. The van der Waals surface area contributed by atoms with Crippen molar-refractivity contribution >= 4 is 16.9 Å². The van der Waals surface area contributed by atoms with Gasteiger partial charge in [-0.2, -0.15) is 0 Å². The van der Waals surface area contributed by atoms with E-state index < -0.39 is 5.60 Å². The Morgan fingerprint density at radius 2 is 2.11 bits per heavy atom. The van der Waals surface area contributed by atoms with Gasteiger partial charge in [-0.25, -0.2) is 14.6 Å². The average molecular weight is 385 g/mol. The van der Waals surface area contributed by atoms with Crippen molar-refractivity contribution in [3.05, 3.63) is 11.8 Å². The van der Waals surface area contributed by atoms with Crippen LogP contribution >= 0.6 is 0 Å². The van der Waals surface area contributed by atoms with E-state index in [4.69, 9.17) is 20.8 Å². The van der Waals surface area contributed by atoms with Crippen LogP contribution in [0.25, 0.3) is 22.6 Å². The standard InChI is InChI=1S/C18H23N7O3/c1-5-25-12-8-13(27-9-10(2)19)21-11(6-7-18(3,4)26)14(12)22-17(25)15-16(20)24-28-23-15/h8,10,26H,5,9,19H2,1-4H3,(H2,20,24)/t10-/m1/s1. The summed E-state index contributed by atoms with van der Waals surface area (Å²) in [7, 11) is 0. The number of rotatable bonds is 5. The lowest BCUT2D eigenvalue weighted by Gasteiger charge is -2.10. The second-order valence-corrected chi connectivity index (χ2v) is 6.95. The van der Waals surface area contributed by atoms with Gasteiger partial charge in [-0.3, -0.25) is 0 Å². The van der Waals surface area contributed by atoms with E-state index in [1.54, 1.807) is 19.9 Å². The van der Waals surface area contributed by atoms with E-state index in [1.165, 1.54) is 0 Å². The number of imidazole rings is 1. The van der Waals surface area contributed by atoms with Crippen LogP contribution in [0.15, 0.2) is 10.7 Å². The number of aromatic nitrogens is 5. The first-order chi connectivity index (χ1) is 13.2. The summed E-state index contributed by atoms with van der Waals surface area (Å²) in [5.74, 6) is 6.62. The van der Waals surface area contributed by atoms with Gasteiger partial charge in [0.15, 0.2) is 17.3 Å². The number of hydrogen-bond acceptors (Lipinski definition) is 9. The Balaban J connectivity index is 2.24. The molecule has 5 N–H and O–H groups in total. The zero-order valence-electron chi connectivity index (χ0n) is 16.2. The Labute approximate surface area is 161 Å². The predicted molar refractivity (Wildman–Crippen MR) is 103 cm³/mol. The molecule has 3 rings (SSSR count). The summed E-state index contributed by atoms with van der Waals surface area (Å²) in [6, 6.07) is 1.60. The third-order valence-electron chi connectivity index (χ3n) is 3.74. The maximum absolute atomic E-state index is 9.97. The fraction of sp³-hybridized carbons (Fsp3) is 0.444. The highest BCUT2D eigenvalue weighted by Gasteiger charge is 2.21. The average Bonchev–Trinajstić information content (AvgIpc) is 3.19. The minimum absolute atomic E-state index is 0.135. The van der Waals surface area contributed by atoms with E-state index >= 15 is 0 Å². The molecule has 0 unspecified atom stereocenters. The highest BCUT2D eigenvalue weighted by Crippen LogP contribution is 2.29. The highest BCUT2D eigenvalue weighted by atomic mass is 16.6. The van der Waals surface area contributed by atoms with Crippen LogP contribution in [-0.4, -0.2) is 48.2 Å². The number of pyridine rings is 1. The topological polar surface area (TPSA) is 151 Å². The number of ether oxygens (including phenoxy) is 1. The molecule has 0 saturated carbocycles. The molecule has 10 heteroatoms. The number of nitrogens with zero attached hydrogens (tertiary/aromatic N) is 5. The van der Waals surface area contributed by atoms with Crippen molar-refractivity contribution in [1.29, 1.82) is 0 Å². The summed E-state index contributed by atoms with van der Waals surface area (Å²) in [6.07, 6.45) is 0. The quantitative estimate of drug-likeness (QED) is 0.545. The van der Waals surface area contributed by atoms with Crippen molar-refractivity contribution in [2.24, 2.45) is 5.73 Å². The summed E-state index contributed by atoms with van der Waals surface area (Å²) in [5.41, 5.74) is 12.4. The molecule has 3 aromatic heterocycles. The molecule has 28 heavy (non-hydrogen) atoms. The molecule has 3 aromatic rings. The molecule has 10 nitrogen and oxygen atoms in total. The molecule has 3 heterocycles. The fourth-order valence-corrected chi connectivity index (χ4v) is 2.54. The van der Waals surface area contributed by atoms with Crippen LogP contribution in [0, 0.1) is 11.8 Å². The van der Waals surface area contributed by atoms with Crippen molar-refractivity contribution in [3.63, 3.8) is 0 Å². The molecular formula is C18H23N7O3. The second kappa shape index (κ2) is 7.46. The van der Waals surface area contributed by atoms with Gasteiger partial charge < -0.3 is 25.9 Å². The molecule has 1 atom stereocenters. The Bertz CT molecular complexity index is 1050. The molecule has 0 aromatic carbocycles. The van der Waals surface area contributed by atoms with Gasteiger partial charge in [0.2, 0.25) is 5.88 Å². The molecule has 148 valence electrons. The highest BCUT2D eigenvalue weighted by molar-refractivity contribution is 5.86. The van der Waals surface area contributed by atoms with Crippen LogP contribution in [0.4, 0.5) is 5.82 Å². The van der Waals surface area contributed by atoms with Crippen LogP contribution in [-0.2, 0) is 6.54 Å². The van der Waals surface area contributed by atoms with Crippen molar-refractivity contribution < 1.29 is 14.5 Å². The summed E-state index contributed by atoms with van der Waals surface area (Å²) in [5, 5.41) is 17.4. The molecule has 0 radical (unpaired) electrons. The van der Waals surface area contributed by atoms with E-state index in [0.29, 0.717) is 41.8 Å². The van der Waals surface area contributed by atoms with Gasteiger partial charge in [0.25, 0.3) is 0 Å². The van der Waals surface area contributed by atoms with Crippen LogP contribution in [0.1, 0.15) is 33.4 Å². The normalized spacial score (nSPS) is 12.6. The van der Waals surface area contributed by atoms with E-state index in [2.05, 4.69) is 32.1 Å². The third kappa shape index (κ3) is 4.05. The molecule has 0 spiro atoms. The number of hydrogen-bond donors (Lipinski definition) is 3. The molecular weight excluding hydrogens is 362 g/mol. The SMILES string of the molecule is CCn1c(-c2nonc2N)nc2c(C#CC(C)(C)O)nc(OC[C@@H](C)N)cc21. The lowest BCUT2D eigenvalue weighted by atomic mass is 10.1. The fourth-order valence-electron chi connectivity index (χ4n) is 2.54. The number of nitrogen functional groups attached to an aromatic ring is 1. The third-order valence-corrected chi connectivity index (χ3v) is 3.74. The summed E-state index contributed by atoms with van der Waals surface area (Å²) < 4.78 is 12.3. The zero-order chi connectivity index (χ0) is 20.5. The minimum atomic E-state index is -1.19. The first kappa shape index (κ1) is 19.6. The van der Waals surface area contributed by atoms with E-state index in [0.717, 1.165) is 5.52 Å². The first-order valence-electron chi connectivity index (χ1n) is 8.83. The van der Waals surface area contributed by atoms with Gasteiger partial charge >= 0.3 is 0 Å². The molecule has 0 aliphatic rings. The molecule has 0 bridgehead atoms. The number of fused-ring (bicyclic) bond motifs is 1. The summed E-state index contributed by atoms with van der Waals surface area (Å²) in [6.45, 7) is 7.84. The number of anilines is 1. The first-order valence-corrected chi connectivity index (χ1v) is 8.83. The molecule has 0 amide bonds. The van der Waals surface area contributed by atoms with Crippen molar-refractivity contribution in [1.82, 2.24) is 24.8 Å². The van der Waals surface area contributed by atoms with Gasteiger partial charge in [-0.15, -0.1) is 0 Å². The van der Waals surface area contributed by atoms with Crippen molar-refractivity contribution in [2.75, 3.05) is 12.3 Å². The maximum Gasteiger partial charge on any atom is 0.216 e. The summed E-state index contributed by atoms with van der Waals surface area (Å²) in [4.78, 5) is 9.06. The maximum atomic E-state index is 9.97. The Morgan fingerprint density at radius 3 is 2.68 bits per heavy atom. The zero-order valence-corrected chi connectivity index (χ0v) is 16.2. The van der Waals surface area contributed by atoms with Crippen LogP contribution in [0.3, 0.4) is 0 Å². The molecule has 0 fully saturated rings. The largest absolute Gasteiger partial charge is 0.476 e. The molecule has 0 saturated heterocycles. The number of aryl methyl sites for hydroxylation is 1. The lowest BCUT2D eigenvalue weighted by molar-refractivity contribution is 0.143. The van der Waals surface area contributed by atoms with Gasteiger partial charge in [0.05, 0.1) is 5.52 Å². The number of aliphatic hydroxyl groups is 1. The van der Waals surface area contributed by atoms with Crippen LogP contribution < -0.4 is 16.2 Å². The minimum Gasteiger partial charge on any atom is -0.476 e. The van der Waals surface area contributed by atoms with Gasteiger partial charge in [0, 0.05) is 18.7 Å². The predicted octanol–water partition coefficient (Wildman–Crippen LogP) is 0.932. The van der Waals surface area contributed by atoms with Crippen molar-refractivity contribution in [2.45, 2.75) is 45.9 Å². The lowest BCUT2D eigenvalue weighted by Crippen LogP contribution is -2.24. The Hall–Kier alpha value is -3.16. The monoisotopic (exact) mass is 385 g/mol. The van der Waals surface area contributed by atoms with Crippen LogP contribution in [0.2, 0.25) is 0 Å². The van der Waals surface area contributed by atoms with Crippen molar-refractivity contribution in [3.8, 4) is 29.2 Å². The smallest absolute Gasteiger partial charge is 0.216 e. The second-order valence-electron chi connectivity index (χ2n) is 6.95. The van der Waals surface area contributed by atoms with Gasteiger partial charge in [0.1, 0.15) is 23.4 Å². The van der Waals surface area contributed by atoms with E-state index in [9.17, 15) is 5.11 Å². The van der Waals surface area contributed by atoms with Gasteiger partial charge in [-0.1, -0.05) is 5.92 Å². The Morgan fingerprint density at radius 1 is 1.36 bits per heavy atom.